The normalized spacial score (nSPS) is 13.2. The van der Waals surface area contributed by atoms with Crippen LogP contribution in [0.5, 0.6) is 0 Å². The number of methoxy groups -OCH3 is 1. The van der Waals surface area contributed by atoms with Crippen molar-refractivity contribution in [2.75, 3.05) is 27.3 Å². The highest BCUT2D eigenvalue weighted by molar-refractivity contribution is 5.79. The molecule has 4 nitrogen and oxygen atoms in total. The minimum Gasteiger partial charge on any atom is -0.383 e. The molecule has 0 aliphatic rings. The van der Waals surface area contributed by atoms with E-state index in [-0.39, 0.29) is 6.04 Å². The number of hydrogen-bond acceptors (Lipinski definition) is 2. The Hall–Kier alpha value is -1.69. The van der Waals surface area contributed by atoms with Gasteiger partial charge in [0.15, 0.2) is 5.96 Å². The van der Waals surface area contributed by atoms with E-state index < -0.39 is 11.6 Å². The number of benzene rings is 1. The molecule has 0 bridgehead atoms. The smallest absolute Gasteiger partial charge is 0.191 e. The van der Waals surface area contributed by atoms with Crippen LogP contribution >= 0.6 is 0 Å². The first-order chi connectivity index (χ1) is 9.56. The Morgan fingerprint density at radius 1 is 1.40 bits per heavy atom. The molecule has 0 saturated heterocycles. The summed E-state index contributed by atoms with van der Waals surface area (Å²) < 4.78 is 31.2. The van der Waals surface area contributed by atoms with Crippen LogP contribution in [0.1, 0.15) is 12.5 Å². The Morgan fingerprint density at radius 3 is 2.75 bits per heavy atom. The van der Waals surface area contributed by atoms with E-state index in [1.165, 1.54) is 12.1 Å². The van der Waals surface area contributed by atoms with E-state index in [1.807, 2.05) is 6.92 Å². The lowest BCUT2D eigenvalue weighted by Crippen LogP contribution is -2.44. The summed E-state index contributed by atoms with van der Waals surface area (Å²) in [6.07, 6.45) is 0.450. The van der Waals surface area contributed by atoms with Crippen LogP contribution in [0, 0.1) is 11.6 Å². The molecule has 112 valence electrons. The predicted molar refractivity (Wildman–Crippen MR) is 75.9 cm³/mol. The molecule has 0 spiro atoms. The van der Waals surface area contributed by atoms with Crippen LogP contribution in [0.3, 0.4) is 0 Å². The van der Waals surface area contributed by atoms with Gasteiger partial charge in [-0.05, 0) is 25.0 Å². The van der Waals surface area contributed by atoms with E-state index in [0.717, 1.165) is 6.07 Å². The molecule has 1 aromatic carbocycles. The van der Waals surface area contributed by atoms with E-state index in [1.54, 1.807) is 14.2 Å². The van der Waals surface area contributed by atoms with Crippen LogP contribution in [0.2, 0.25) is 0 Å². The maximum Gasteiger partial charge on any atom is 0.191 e. The molecule has 0 radical (unpaired) electrons. The highest BCUT2D eigenvalue weighted by atomic mass is 19.1. The van der Waals surface area contributed by atoms with Gasteiger partial charge in [-0.25, -0.2) is 8.78 Å². The number of rotatable bonds is 6. The fourth-order valence-electron chi connectivity index (χ4n) is 1.76. The lowest BCUT2D eigenvalue weighted by molar-refractivity contribution is 0.179. The van der Waals surface area contributed by atoms with Gasteiger partial charge >= 0.3 is 0 Å². The third-order valence-corrected chi connectivity index (χ3v) is 2.73. The van der Waals surface area contributed by atoms with Gasteiger partial charge in [-0.3, -0.25) is 4.99 Å². The number of nitrogens with zero attached hydrogens (tertiary/aromatic N) is 1. The highest BCUT2D eigenvalue weighted by Gasteiger charge is 2.06. The molecule has 1 rings (SSSR count). The van der Waals surface area contributed by atoms with Crippen LogP contribution in [0.15, 0.2) is 23.2 Å². The zero-order valence-electron chi connectivity index (χ0n) is 12.0. The first kappa shape index (κ1) is 16.4. The lowest BCUT2D eigenvalue weighted by Gasteiger charge is -2.17. The Labute approximate surface area is 118 Å². The van der Waals surface area contributed by atoms with E-state index in [2.05, 4.69) is 15.6 Å². The van der Waals surface area contributed by atoms with Gasteiger partial charge in [-0.1, -0.05) is 6.07 Å². The number of hydrogen-bond donors (Lipinski definition) is 2. The summed E-state index contributed by atoms with van der Waals surface area (Å²) in [6, 6.07) is 3.72. The first-order valence-electron chi connectivity index (χ1n) is 6.47. The van der Waals surface area contributed by atoms with Crippen molar-refractivity contribution in [1.29, 1.82) is 0 Å². The molecule has 0 amide bonds. The number of nitrogens with one attached hydrogen (secondary N) is 2. The van der Waals surface area contributed by atoms with Crippen molar-refractivity contribution in [2.45, 2.75) is 19.4 Å². The molecule has 0 saturated carbocycles. The molecule has 0 heterocycles. The van der Waals surface area contributed by atoms with Gasteiger partial charge in [0.05, 0.1) is 6.61 Å². The zero-order chi connectivity index (χ0) is 15.0. The molecule has 0 aliphatic carbocycles. The van der Waals surface area contributed by atoms with Crippen LogP contribution in [-0.2, 0) is 11.2 Å². The zero-order valence-corrected chi connectivity index (χ0v) is 12.0. The average molecular weight is 285 g/mol. The van der Waals surface area contributed by atoms with E-state index >= 15 is 0 Å². The second-order valence-electron chi connectivity index (χ2n) is 4.49. The van der Waals surface area contributed by atoms with Crippen molar-refractivity contribution in [3.63, 3.8) is 0 Å². The number of guanidine groups is 1. The molecular weight excluding hydrogens is 264 g/mol. The highest BCUT2D eigenvalue weighted by Crippen LogP contribution is 2.09. The maximum atomic E-state index is 13.4. The fourth-order valence-corrected chi connectivity index (χ4v) is 1.76. The summed E-state index contributed by atoms with van der Waals surface area (Å²) in [5, 5.41) is 6.21. The molecular formula is C14H21F2N3O. The number of aliphatic imine (C=N–C) groups is 1. The molecule has 1 aromatic rings. The number of ether oxygens (including phenoxy) is 1. The van der Waals surface area contributed by atoms with E-state index in [4.69, 9.17) is 4.74 Å². The SMILES string of the molecule is CN=C(NCCc1ccc(F)cc1F)NC(C)COC. The quantitative estimate of drug-likeness (QED) is 0.618. The first-order valence-corrected chi connectivity index (χ1v) is 6.47. The third kappa shape index (κ3) is 5.52. The second kappa shape index (κ2) is 8.47. The standard InChI is InChI=1S/C14H21F2N3O/c1-10(9-20-3)19-14(17-2)18-7-6-11-4-5-12(15)8-13(11)16/h4-5,8,10H,6-7,9H2,1-3H3,(H2,17,18,19). The van der Waals surface area contributed by atoms with Gasteiger partial charge in [0.2, 0.25) is 0 Å². The molecule has 0 aromatic heterocycles. The summed E-state index contributed by atoms with van der Waals surface area (Å²) in [7, 11) is 3.29. The maximum absolute atomic E-state index is 13.4. The Bertz CT molecular complexity index is 452. The van der Waals surface area contributed by atoms with Gasteiger partial charge < -0.3 is 15.4 Å². The molecule has 2 N–H and O–H groups in total. The fraction of sp³-hybridized carbons (Fsp3) is 0.500. The topological polar surface area (TPSA) is 45.7 Å². The summed E-state index contributed by atoms with van der Waals surface area (Å²) >= 11 is 0. The van der Waals surface area contributed by atoms with Crippen LogP contribution < -0.4 is 10.6 Å². The van der Waals surface area contributed by atoms with Crippen molar-refractivity contribution in [1.82, 2.24) is 10.6 Å². The average Bonchev–Trinajstić information content (AvgIpc) is 2.40. The molecule has 1 atom stereocenters. The van der Waals surface area contributed by atoms with Crippen molar-refractivity contribution in [2.24, 2.45) is 4.99 Å². The molecule has 6 heteroatoms. The minimum absolute atomic E-state index is 0.119. The minimum atomic E-state index is -0.565. The lowest BCUT2D eigenvalue weighted by atomic mass is 10.1. The van der Waals surface area contributed by atoms with Crippen LogP contribution in [0.4, 0.5) is 8.78 Å². The largest absolute Gasteiger partial charge is 0.383 e. The molecule has 0 fully saturated rings. The summed E-state index contributed by atoms with van der Waals surface area (Å²) in [4.78, 5) is 4.06. The second-order valence-corrected chi connectivity index (χ2v) is 4.49. The number of halogens is 2. The van der Waals surface area contributed by atoms with Gasteiger partial charge in [0.1, 0.15) is 11.6 Å². The Morgan fingerprint density at radius 2 is 2.15 bits per heavy atom. The van der Waals surface area contributed by atoms with Crippen LogP contribution in [0.25, 0.3) is 0 Å². The van der Waals surface area contributed by atoms with Gasteiger partial charge in [-0.2, -0.15) is 0 Å². The van der Waals surface area contributed by atoms with Gasteiger partial charge in [-0.15, -0.1) is 0 Å². The molecule has 20 heavy (non-hydrogen) atoms. The van der Waals surface area contributed by atoms with E-state index in [0.29, 0.717) is 31.1 Å². The summed E-state index contributed by atoms with van der Waals surface area (Å²) in [5.74, 6) is -0.468. The van der Waals surface area contributed by atoms with Crippen molar-refractivity contribution < 1.29 is 13.5 Å². The monoisotopic (exact) mass is 285 g/mol. The Kier molecular flexibility index (Phi) is 6.93. The summed E-state index contributed by atoms with van der Waals surface area (Å²) in [5.41, 5.74) is 0.472. The van der Waals surface area contributed by atoms with Gasteiger partial charge in [0.25, 0.3) is 0 Å². The van der Waals surface area contributed by atoms with Gasteiger partial charge in [0, 0.05) is 32.8 Å². The van der Waals surface area contributed by atoms with Crippen molar-refractivity contribution in [3.05, 3.63) is 35.4 Å². The van der Waals surface area contributed by atoms with Crippen molar-refractivity contribution in [3.8, 4) is 0 Å². The molecule has 1 unspecified atom stereocenters. The Balaban J connectivity index is 2.42. The predicted octanol–water partition coefficient (Wildman–Crippen LogP) is 1.71. The molecule has 0 aliphatic heterocycles. The summed E-state index contributed by atoms with van der Waals surface area (Å²) in [6.45, 7) is 3.03. The third-order valence-electron chi connectivity index (χ3n) is 2.73. The van der Waals surface area contributed by atoms with Crippen LogP contribution in [-0.4, -0.2) is 39.3 Å². The van der Waals surface area contributed by atoms with Crippen molar-refractivity contribution >= 4 is 5.96 Å². The van der Waals surface area contributed by atoms with E-state index in [9.17, 15) is 8.78 Å².